The van der Waals surface area contributed by atoms with Crippen LogP contribution < -0.4 is 5.32 Å². The number of methoxy groups -OCH3 is 1. The number of amides is 1. The molecule has 1 N–H and O–H groups in total. The summed E-state index contributed by atoms with van der Waals surface area (Å²) in [5, 5.41) is 2.86. The highest BCUT2D eigenvalue weighted by atomic mass is 35.5. The van der Waals surface area contributed by atoms with Gasteiger partial charge >= 0.3 is 0 Å². The van der Waals surface area contributed by atoms with E-state index < -0.39 is 11.7 Å². The standard InChI is InChI=1S/C11H13ClFNO2/c1-16-6-2-5-14-11(15)9-4-3-8(12)7-10(9)13/h3-4,7H,2,5-6H2,1H3,(H,14,15). The normalized spacial score (nSPS) is 10.2. The van der Waals surface area contributed by atoms with Crippen LogP contribution >= 0.6 is 11.6 Å². The second-order valence-electron chi connectivity index (χ2n) is 3.23. The summed E-state index contributed by atoms with van der Waals surface area (Å²) in [6.45, 7) is 1.01. The van der Waals surface area contributed by atoms with E-state index in [4.69, 9.17) is 16.3 Å². The summed E-state index contributed by atoms with van der Waals surface area (Å²) in [5.41, 5.74) is 0.00168. The van der Waals surface area contributed by atoms with Crippen molar-refractivity contribution in [1.82, 2.24) is 5.32 Å². The van der Waals surface area contributed by atoms with Gasteiger partial charge < -0.3 is 10.1 Å². The molecule has 1 amide bonds. The maximum Gasteiger partial charge on any atom is 0.254 e. The summed E-state index contributed by atoms with van der Waals surface area (Å²) in [4.78, 5) is 11.5. The second kappa shape index (κ2) is 6.45. The molecule has 0 aliphatic rings. The fraction of sp³-hybridized carbons (Fsp3) is 0.364. The molecule has 0 radical (unpaired) electrons. The number of benzene rings is 1. The summed E-state index contributed by atoms with van der Waals surface area (Å²) in [5.74, 6) is -1.05. The van der Waals surface area contributed by atoms with Gasteiger partial charge in [0.25, 0.3) is 5.91 Å². The van der Waals surface area contributed by atoms with Crippen LogP contribution in [-0.2, 0) is 4.74 Å². The SMILES string of the molecule is COCCCNC(=O)c1ccc(Cl)cc1F. The summed E-state index contributed by atoms with van der Waals surface area (Å²) < 4.78 is 18.1. The molecule has 0 unspecified atom stereocenters. The smallest absolute Gasteiger partial charge is 0.254 e. The Morgan fingerprint density at radius 1 is 1.56 bits per heavy atom. The fourth-order valence-electron chi connectivity index (χ4n) is 1.19. The highest BCUT2D eigenvalue weighted by molar-refractivity contribution is 6.30. The molecule has 0 bridgehead atoms. The van der Waals surface area contributed by atoms with Crippen LogP contribution in [0.5, 0.6) is 0 Å². The number of hydrogen-bond acceptors (Lipinski definition) is 2. The second-order valence-corrected chi connectivity index (χ2v) is 3.66. The monoisotopic (exact) mass is 245 g/mol. The number of halogens is 2. The number of nitrogens with one attached hydrogen (secondary N) is 1. The maximum absolute atomic E-state index is 13.3. The molecule has 0 fully saturated rings. The van der Waals surface area contributed by atoms with Gasteiger partial charge in [-0.25, -0.2) is 4.39 Å². The van der Waals surface area contributed by atoms with Gasteiger partial charge in [-0.1, -0.05) is 11.6 Å². The minimum absolute atomic E-state index is 0.00168. The first kappa shape index (κ1) is 12.9. The van der Waals surface area contributed by atoms with Gasteiger partial charge in [0.15, 0.2) is 0 Å². The van der Waals surface area contributed by atoms with Gasteiger partial charge in [0.05, 0.1) is 5.56 Å². The van der Waals surface area contributed by atoms with Gasteiger partial charge in [-0.2, -0.15) is 0 Å². The zero-order valence-electron chi connectivity index (χ0n) is 8.93. The van der Waals surface area contributed by atoms with E-state index in [-0.39, 0.29) is 10.6 Å². The van der Waals surface area contributed by atoms with Gasteiger partial charge in [0, 0.05) is 25.3 Å². The number of rotatable bonds is 5. The fourth-order valence-corrected chi connectivity index (χ4v) is 1.35. The molecule has 16 heavy (non-hydrogen) atoms. The molecule has 0 saturated heterocycles. The summed E-state index contributed by atoms with van der Waals surface area (Å²) >= 11 is 5.58. The first-order chi connectivity index (χ1) is 7.65. The Balaban J connectivity index is 2.53. The summed E-state index contributed by atoms with van der Waals surface area (Å²) in [6, 6.07) is 3.96. The molecule has 0 saturated carbocycles. The van der Waals surface area contributed by atoms with E-state index in [1.807, 2.05) is 0 Å². The predicted molar refractivity (Wildman–Crippen MR) is 60.2 cm³/mol. The minimum atomic E-state index is -0.614. The highest BCUT2D eigenvalue weighted by Crippen LogP contribution is 2.14. The Morgan fingerprint density at radius 2 is 2.31 bits per heavy atom. The molecule has 0 aliphatic heterocycles. The first-order valence-electron chi connectivity index (χ1n) is 4.87. The lowest BCUT2D eigenvalue weighted by Crippen LogP contribution is -2.26. The third-order valence-electron chi connectivity index (χ3n) is 1.99. The van der Waals surface area contributed by atoms with Gasteiger partial charge in [-0.05, 0) is 24.6 Å². The van der Waals surface area contributed by atoms with Crippen molar-refractivity contribution in [2.24, 2.45) is 0 Å². The molecule has 1 rings (SSSR count). The van der Waals surface area contributed by atoms with E-state index in [1.54, 1.807) is 7.11 Å². The number of carbonyl (C=O) groups excluding carboxylic acids is 1. The number of ether oxygens (including phenoxy) is 1. The molecule has 3 nitrogen and oxygen atoms in total. The van der Waals surface area contributed by atoms with Crippen LogP contribution in [0.25, 0.3) is 0 Å². The Bertz CT molecular complexity index is 371. The van der Waals surface area contributed by atoms with Crippen molar-refractivity contribution >= 4 is 17.5 Å². The van der Waals surface area contributed by atoms with E-state index in [9.17, 15) is 9.18 Å². The van der Waals surface area contributed by atoms with Crippen molar-refractivity contribution in [2.75, 3.05) is 20.3 Å². The number of carbonyl (C=O) groups is 1. The molecule has 1 aromatic rings. The van der Waals surface area contributed by atoms with Crippen molar-refractivity contribution in [2.45, 2.75) is 6.42 Å². The quantitative estimate of drug-likeness (QED) is 0.808. The van der Waals surface area contributed by atoms with Crippen molar-refractivity contribution in [1.29, 1.82) is 0 Å². The zero-order valence-corrected chi connectivity index (χ0v) is 9.68. The molecule has 0 aromatic heterocycles. The van der Waals surface area contributed by atoms with Crippen LogP contribution in [-0.4, -0.2) is 26.2 Å². The van der Waals surface area contributed by atoms with Crippen LogP contribution in [0, 0.1) is 5.82 Å². The van der Waals surface area contributed by atoms with E-state index in [2.05, 4.69) is 5.32 Å². The third-order valence-corrected chi connectivity index (χ3v) is 2.22. The molecular formula is C11H13ClFNO2. The highest BCUT2D eigenvalue weighted by Gasteiger charge is 2.10. The Labute approximate surface area is 98.5 Å². The lowest BCUT2D eigenvalue weighted by atomic mass is 10.2. The van der Waals surface area contributed by atoms with Crippen LogP contribution in [0.4, 0.5) is 4.39 Å². The largest absolute Gasteiger partial charge is 0.385 e. The lowest BCUT2D eigenvalue weighted by molar-refractivity contribution is 0.0944. The molecule has 1 aromatic carbocycles. The van der Waals surface area contributed by atoms with Gasteiger partial charge in [0.2, 0.25) is 0 Å². The average Bonchev–Trinajstić information content (AvgIpc) is 2.24. The van der Waals surface area contributed by atoms with E-state index >= 15 is 0 Å². The Hall–Kier alpha value is -1.13. The van der Waals surface area contributed by atoms with Crippen LogP contribution in [0.1, 0.15) is 16.8 Å². The Kier molecular flexibility index (Phi) is 5.22. The van der Waals surface area contributed by atoms with E-state index in [0.717, 1.165) is 6.07 Å². The number of hydrogen-bond donors (Lipinski definition) is 1. The molecule has 0 aliphatic carbocycles. The average molecular weight is 246 g/mol. The first-order valence-corrected chi connectivity index (χ1v) is 5.25. The molecule has 0 heterocycles. The lowest BCUT2D eigenvalue weighted by Gasteiger charge is -2.05. The van der Waals surface area contributed by atoms with E-state index in [1.165, 1.54) is 12.1 Å². The summed E-state index contributed by atoms with van der Waals surface area (Å²) in [7, 11) is 1.58. The van der Waals surface area contributed by atoms with Crippen molar-refractivity contribution in [3.05, 3.63) is 34.6 Å². The molecule has 0 atom stereocenters. The van der Waals surface area contributed by atoms with Crippen molar-refractivity contribution in [3.8, 4) is 0 Å². The van der Waals surface area contributed by atoms with Crippen LogP contribution in [0.3, 0.4) is 0 Å². The zero-order chi connectivity index (χ0) is 12.0. The van der Waals surface area contributed by atoms with Crippen molar-refractivity contribution in [3.63, 3.8) is 0 Å². The molecular weight excluding hydrogens is 233 g/mol. The predicted octanol–water partition coefficient (Wildman–Crippen LogP) is 2.25. The van der Waals surface area contributed by atoms with Crippen LogP contribution in [0.15, 0.2) is 18.2 Å². The van der Waals surface area contributed by atoms with Gasteiger partial charge in [-0.15, -0.1) is 0 Å². The molecule has 88 valence electrons. The molecule has 5 heteroatoms. The van der Waals surface area contributed by atoms with E-state index in [0.29, 0.717) is 19.6 Å². The topological polar surface area (TPSA) is 38.3 Å². The molecule has 0 spiro atoms. The van der Waals surface area contributed by atoms with Gasteiger partial charge in [-0.3, -0.25) is 4.79 Å². The minimum Gasteiger partial charge on any atom is -0.385 e. The Morgan fingerprint density at radius 3 is 2.94 bits per heavy atom. The third kappa shape index (κ3) is 3.79. The van der Waals surface area contributed by atoms with Crippen LogP contribution in [0.2, 0.25) is 5.02 Å². The van der Waals surface area contributed by atoms with Crippen molar-refractivity contribution < 1.29 is 13.9 Å². The van der Waals surface area contributed by atoms with Gasteiger partial charge in [0.1, 0.15) is 5.82 Å². The maximum atomic E-state index is 13.3. The summed E-state index contributed by atoms with van der Waals surface area (Å²) in [6.07, 6.45) is 0.692.